The summed E-state index contributed by atoms with van der Waals surface area (Å²) in [5.41, 5.74) is -1.42. The van der Waals surface area contributed by atoms with E-state index in [1.165, 1.54) is 0 Å². The largest absolute Gasteiger partial charge is 0.469 e. The van der Waals surface area contributed by atoms with Crippen molar-refractivity contribution in [3.05, 3.63) is 0 Å². The molecule has 9 heteroatoms. The van der Waals surface area contributed by atoms with E-state index in [1.807, 2.05) is 0 Å². The standard InChI is InChI=1S/C5H13O7P.BrH/c6-1-5(2-7,3-8)4-12-13(9,10)11;/h6-8H,1-4H2,(H2,9,10,11);1H. The third-order valence-corrected chi connectivity index (χ3v) is 2.01. The van der Waals surface area contributed by atoms with E-state index >= 15 is 0 Å². The van der Waals surface area contributed by atoms with Crippen LogP contribution in [0.2, 0.25) is 0 Å². The van der Waals surface area contributed by atoms with E-state index < -0.39 is 39.7 Å². The van der Waals surface area contributed by atoms with Crippen molar-refractivity contribution < 1.29 is 34.2 Å². The van der Waals surface area contributed by atoms with Gasteiger partial charge in [0.05, 0.1) is 31.8 Å². The first-order valence-corrected chi connectivity index (χ1v) is 4.95. The van der Waals surface area contributed by atoms with Gasteiger partial charge in [0, 0.05) is 0 Å². The molecule has 0 aromatic carbocycles. The van der Waals surface area contributed by atoms with Crippen molar-refractivity contribution in [2.45, 2.75) is 0 Å². The summed E-state index contributed by atoms with van der Waals surface area (Å²) in [5, 5.41) is 26.2. The lowest BCUT2D eigenvalue weighted by Crippen LogP contribution is -2.38. The van der Waals surface area contributed by atoms with Crippen LogP contribution in [0.1, 0.15) is 0 Å². The molecule has 0 spiro atoms. The highest BCUT2D eigenvalue weighted by atomic mass is 79.9. The maximum atomic E-state index is 10.3. The lowest BCUT2D eigenvalue weighted by Gasteiger charge is -2.26. The van der Waals surface area contributed by atoms with Crippen LogP contribution in [0.3, 0.4) is 0 Å². The van der Waals surface area contributed by atoms with Gasteiger partial charge in [0.2, 0.25) is 0 Å². The molecule has 0 aliphatic rings. The Labute approximate surface area is 91.3 Å². The topological polar surface area (TPSA) is 127 Å². The average molecular weight is 297 g/mol. The summed E-state index contributed by atoms with van der Waals surface area (Å²) in [6.45, 7) is -2.49. The highest BCUT2D eigenvalue weighted by molar-refractivity contribution is 8.93. The van der Waals surface area contributed by atoms with Crippen LogP contribution < -0.4 is 0 Å². The third kappa shape index (κ3) is 6.05. The van der Waals surface area contributed by atoms with Gasteiger partial charge in [-0.15, -0.1) is 17.0 Å². The lowest BCUT2D eigenvalue weighted by atomic mass is 9.93. The summed E-state index contributed by atoms with van der Waals surface area (Å²) in [7, 11) is -4.64. The molecular formula is C5H14BrO7P. The van der Waals surface area contributed by atoms with Gasteiger partial charge in [0.1, 0.15) is 0 Å². The highest BCUT2D eigenvalue weighted by Crippen LogP contribution is 2.37. The maximum Gasteiger partial charge on any atom is 0.469 e. The third-order valence-electron chi connectivity index (χ3n) is 1.55. The molecule has 14 heavy (non-hydrogen) atoms. The normalized spacial score (nSPS) is 12.4. The second-order valence-corrected chi connectivity index (χ2v) is 3.98. The Hall–Kier alpha value is 0.470. The molecule has 0 fully saturated rings. The fourth-order valence-electron chi connectivity index (χ4n) is 0.508. The van der Waals surface area contributed by atoms with E-state index in [4.69, 9.17) is 25.1 Å². The van der Waals surface area contributed by atoms with Crippen LogP contribution in [0.5, 0.6) is 0 Å². The van der Waals surface area contributed by atoms with Crippen LogP contribution in [0.15, 0.2) is 0 Å². The quantitative estimate of drug-likeness (QED) is 0.383. The second kappa shape index (κ2) is 6.86. The van der Waals surface area contributed by atoms with Crippen molar-refractivity contribution in [2.75, 3.05) is 26.4 Å². The molecule has 5 N–H and O–H groups in total. The van der Waals surface area contributed by atoms with Gasteiger partial charge in [-0.3, -0.25) is 4.52 Å². The minimum absolute atomic E-state index is 0. The van der Waals surface area contributed by atoms with Crippen LogP contribution in [0, 0.1) is 5.41 Å². The molecule has 7 nitrogen and oxygen atoms in total. The van der Waals surface area contributed by atoms with Crippen LogP contribution >= 0.6 is 24.8 Å². The Kier molecular flexibility index (Phi) is 8.28. The van der Waals surface area contributed by atoms with Crippen molar-refractivity contribution >= 4 is 24.8 Å². The first-order valence-electron chi connectivity index (χ1n) is 3.42. The van der Waals surface area contributed by atoms with Gasteiger partial charge in [-0.05, 0) is 0 Å². The second-order valence-electron chi connectivity index (χ2n) is 2.74. The monoisotopic (exact) mass is 296 g/mol. The zero-order valence-corrected chi connectivity index (χ0v) is 9.84. The molecule has 0 saturated carbocycles. The van der Waals surface area contributed by atoms with Crippen molar-refractivity contribution in [2.24, 2.45) is 5.41 Å². The Morgan fingerprint density at radius 3 is 1.64 bits per heavy atom. The number of phosphoric ester groups is 1. The van der Waals surface area contributed by atoms with Crippen LogP contribution in [0.25, 0.3) is 0 Å². The Bertz CT molecular complexity index is 180. The van der Waals surface area contributed by atoms with Crippen LogP contribution in [-0.2, 0) is 9.09 Å². The summed E-state index contributed by atoms with van der Waals surface area (Å²) in [6.07, 6.45) is 0. The first-order chi connectivity index (χ1) is 5.89. The molecular weight excluding hydrogens is 283 g/mol. The fourth-order valence-corrected chi connectivity index (χ4v) is 0.950. The van der Waals surface area contributed by atoms with Crippen LogP contribution in [0.4, 0.5) is 0 Å². The molecule has 0 rings (SSSR count). The van der Waals surface area contributed by atoms with Gasteiger partial charge in [0.25, 0.3) is 0 Å². The van der Waals surface area contributed by atoms with Gasteiger partial charge in [-0.25, -0.2) is 4.57 Å². The number of hydrogen-bond donors (Lipinski definition) is 5. The number of rotatable bonds is 6. The highest BCUT2D eigenvalue weighted by Gasteiger charge is 2.31. The molecule has 0 aliphatic carbocycles. The molecule has 0 unspecified atom stereocenters. The van der Waals surface area contributed by atoms with Crippen molar-refractivity contribution in [1.29, 1.82) is 0 Å². The van der Waals surface area contributed by atoms with E-state index in [0.717, 1.165) is 0 Å². The SMILES string of the molecule is Br.O=P(O)(O)OCC(CO)(CO)CO. The maximum absolute atomic E-state index is 10.3. The van der Waals surface area contributed by atoms with Gasteiger partial charge in [-0.1, -0.05) is 0 Å². The Morgan fingerprint density at radius 2 is 1.43 bits per heavy atom. The van der Waals surface area contributed by atoms with Gasteiger partial charge in [-0.2, -0.15) is 0 Å². The van der Waals surface area contributed by atoms with Crippen molar-refractivity contribution in [3.63, 3.8) is 0 Å². The van der Waals surface area contributed by atoms with E-state index in [9.17, 15) is 4.57 Å². The minimum Gasteiger partial charge on any atom is -0.396 e. The zero-order valence-electron chi connectivity index (χ0n) is 7.24. The van der Waals surface area contributed by atoms with Gasteiger partial charge in [0.15, 0.2) is 0 Å². The molecule has 0 radical (unpaired) electrons. The van der Waals surface area contributed by atoms with E-state index in [0.29, 0.717) is 0 Å². The van der Waals surface area contributed by atoms with E-state index in [-0.39, 0.29) is 17.0 Å². The Balaban J connectivity index is 0. The fraction of sp³-hybridized carbons (Fsp3) is 1.00. The number of phosphoric acid groups is 1. The summed E-state index contributed by atoms with van der Waals surface area (Å²) in [5.74, 6) is 0. The van der Waals surface area contributed by atoms with Crippen molar-refractivity contribution in [3.8, 4) is 0 Å². The predicted octanol–water partition coefficient (Wildman–Crippen LogP) is -1.36. The Morgan fingerprint density at radius 1 is 1.07 bits per heavy atom. The minimum atomic E-state index is -4.64. The zero-order chi connectivity index (χ0) is 10.5. The number of halogens is 1. The van der Waals surface area contributed by atoms with Gasteiger partial charge < -0.3 is 25.1 Å². The molecule has 0 amide bonds. The number of aliphatic hydroxyl groups excluding tert-OH is 3. The molecule has 0 aliphatic heterocycles. The number of hydrogen-bond acceptors (Lipinski definition) is 5. The lowest BCUT2D eigenvalue weighted by molar-refractivity contribution is -0.0318. The van der Waals surface area contributed by atoms with E-state index in [2.05, 4.69) is 4.52 Å². The summed E-state index contributed by atoms with van der Waals surface area (Å²) in [4.78, 5) is 16.6. The summed E-state index contributed by atoms with van der Waals surface area (Å²) < 4.78 is 14.3. The van der Waals surface area contributed by atoms with E-state index in [1.54, 1.807) is 0 Å². The molecule has 0 saturated heterocycles. The molecule has 0 aromatic heterocycles. The molecule has 88 valence electrons. The number of aliphatic hydroxyl groups is 3. The van der Waals surface area contributed by atoms with Gasteiger partial charge >= 0.3 is 7.82 Å². The summed E-state index contributed by atoms with van der Waals surface area (Å²) >= 11 is 0. The molecule has 0 aromatic rings. The van der Waals surface area contributed by atoms with Crippen LogP contribution in [-0.4, -0.2) is 51.5 Å². The average Bonchev–Trinajstić information content (AvgIpc) is 2.06. The molecule has 0 atom stereocenters. The smallest absolute Gasteiger partial charge is 0.396 e. The first kappa shape index (κ1) is 16.9. The predicted molar refractivity (Wildman–Crippen MR) is 52.0 cm³/mol. The molecule has 0 bridgehead atoms. The summed E-state index contributed by atoms with van der Waals surface area (Å²) in [6, 6.07) is 0. The molecule has 0 heterocycles. The van der Waals surface area contributed by atoms with Crippen molar-refractivity contribution in [1.82, 2.24) is 0 Å².